The van der Waals surface area contributed by atoms with E-state index in [0.717, 1.165) is 25.1 Å². The van der Waals surface area contributed by atoms with Crippen LogP contribution in [0.4, 0.5) is 11.4 Å². The topological polar surface area (TPSA) is 24.1 Å². The Labute approximate surface area is 530 Å². The summed E-state index contributed by atoms with van der Waals surface area (Å²) in [6.07, 6.45) is 17.3. The number of hydrogen-bond acceptors (Lipinski definition) is 2. The van der Waals surface area contributed by atoms with Gasteiger partial charge in [-0.25, -0.2) is 0 Å². The van der Waals surface area contributed by atoms with Crippen LogP contribution in [0.15, 0.2) is 158 Å². The molecular weight excluding hydrogens is 1270 g/mol. The van der Waals surface area contributed by atoms with E-state index in [1.807, 2.05) is 0 Å². The van der Waals surface area contributed by atoms with Gasteiger partial charge in [0.25, 0.3) is 0 Å². The second kappa shape index (κ2) is 24.2. The van der Waals surface area contributed by atoms with Crippen molar-refractivity contribution in [2.24, 2.45) is 0 Å². The summed E-state index contributed by atoms with van der Waals surface area (Å²) in [4.78, 5) is 0. The van der Waals surface area contributed by atoms with Crippen molar-refractivity contribution in [3.8, 4) is 44.5 Å². The van der Waals surface area contributed by atoms with Gasteiger partial charge in [0.1, 0.15) is 0 Å². The van der Waals surface area contributed by atoms with Crippen LogP contribution < -0.4 is 53.0 Å². The summed E-state index contributed by atoms with van der Waals surface area (Å²) < 4.78 is 5.24. The molecule has 0 spiro atoms. The zero-order chi connectivity index (χ0) is 58.7. The van der Waals surface area contributed by atoms with Crippen LogP contribution in [0, 0.1) is 21.0 Å². The Morgan fingerprint density at radius 1 is 0.442 bits per heavy atom. The molecule has 4 heteroatoms. The number of rotatable bonds is 24. The van der Waals surface area contributed by atoms with Crippen LogP contribution in [0.5, 0.6) is 0 Å². The van der Waals surface area contributed by atoms with Crippen LogP contribution in [0.1, 0.15) is 136 Å². The van der Waals surface area contributed by atoms with Gasteiger partial charge in [-0.05, 0) is 19.3 Å². The molecule has 0 heterocycles. The van der Waals surface area contributed by atoms with E-state index in [2.05, 4.69) is 205 Å². The molecule has 0 saturated heterocycles. The van der Waals surface area contributed by atoms with Gasteiger partial charge in [0, 0.05) is 23.0 Å². The molecule has 0 radical (unpaired) electrons. The van der Waals surface area contributed by atoms with Gasteiger partial charge in [0.05, 0.1) is 0 Å². The second-order valence-electron chi connectivity index (χ2n) is 25.1. The number of benzene rings is 11. The standard InChI is InChI=1S/C82H82I2N2/c1-9-13-15-17-19-23-45-85-81-61-28-21-22-29-62(61)82(86-52(8)27-20-18-16-14-10-2)78-65-35-26-31-59-56(39-43-68(72(59)65)77(78)81)55-38-41-66-70-58(55)30-24-33-63(70)75-73(66)79(83-44-11-3)74-67-42-40-57(69-48-50(6)47-53-46-49(5)36-37-54(53)69)60-32-25-34-64(71(60)67)76(74)80(75)84-51(7)12-4/h21-22,24-26,28-43,46-48,51,85-86H,8-20,23,27,44-45H2,1-7H3. The Balaban J connectivity index is 0.973. The zero-order valence-electron chi connectivity index (χ0n) is 51.7. The second-order valence-corrected chi connectivity index (χ2v) is 31.8. The third-order valence-electron chi connectivity index (χ3n) is 19.2. The monoisotopic (exact) mass is 1350 g/mol. The summed E-state index contributed by atoms with van der Waals surface area (Å²) in [5, 5.41) is 33.8. The van der Waals surface area contributed by atoms with Gasteiger partial charge in [-0.2, -0.15) is 0 Å². The third kappa shape index (κ3) is 9.68. The van der Waals surface area contributed by atoms with Gasteiger partial charge in [-0.15, -0.1) is 0 Å². The average Bonchev–Trinajstić information content (AvgIpc) is 1.56. The quantitative estimate of drug-likeness (QED) is 0.0273. The van der Waals surface area contributed by atoms with Gasteiger partial charge in [0.15, 0.2) is 0 Å². The maximum absolute atomic E-state index is 4.71. The molecule has 0 aromatic heterocycles. The first-order valence-electron chi connectivity index (χ1n) is 32.7. The summed E-state index contributed by atoms with van der Waals surface area (Å²) in [7, 11) is 0. The Morgan fingerprint density at radius 3 is 1.62 bits per heavy atom. The zero-order valence-corrected chi connectivity index (χ0v) is 56.0. The van der Waals surface area contributed by atoms with E-state index in [-0.39, 0.29) is 42.4 Å². The molecular formula is C82H82I2N2. The number of nitrogens with one attached hydrogen (secondary N) is 2. The van der Waals surface area contributed by atoms with E-state index in [1.165, 1.54) is 224 Å². The molecule has 1 atom stereocenters. The molecule has 13 aromatic rings. The number of halogens is 2. The molecule has 1 aliphatic rings. The number of aryl methyl sites for hydroxylation is 2. The molecule has 0 saturated carbocycles. The predicted octanol–water partition coefficient (Wildman–Crippen LogP) is 18.3. The Bertz CT molecular complexity index is 4770. The molecule has 2 N–H and O–H groups in total. The first kappa shape index (κ1) is 57.3. The molecule has 0 amide bonds. The van der Waals surface area contributed by atoms with E-state index >= 15 is 0 Å². The number of fused-ring (bicyclic) bond motifs is 11. The summed E-state index contributed by atoms with van der Waals surface area (Å²) in [6.45, 7) is 22.1. The SMILES string of the molecule is C=C(CCCCCCC)Nc1c2c(c(NCCCCCCCC)c3ccccc13)-c1ccc(-c3ccc4c5c([I+]CCC)c6c7ccc(-c8cc(C)cc9cc(C)ccc89)c8cccc(c6c([I-]C(C)CC)c5c5cccc3c45)c87)c3cccc-2c13. The van der Waals surface area contributed by atoms with Gasteiger partial charge in [-0.3, -0.25) is 0 Å². The average molecular weight is 1350 g/mol. The number of alkyl halides is 2. The first-order chi connectivity index (χ1) is 42.2. The van der Waals surface area contributed by atoms with Crippen molar-refractivity contribution in [2.45, 2.75) is 142 Å². The molecule has 0 aliphatic heterocycles. The van der Waals surface area contributed by atoms with E-state index < -0.39 is 0 Å². The fraction of sp³-hybridized carbons (Fsp3) is 0.293. The first-order valence-corrected chi connectivity index (χ1v) is 37.6. The van der Waals surface area contributed by atoms with Crippen LogP contribution in [0.3, 0.4) is 0 Å². The molecule has 13 aromatic carbocycles. The van der Waals surface area contributed by atoms with Gasteiger partial charge >= 0.3 is 380 Å². The van der Waals surface area contributed by atoms with Crippen molar-refractivity contribution < 1.29 is 42.4 Å². The molecule has 1 unspecified atom stereocenters. The van der Waals surface area contributed by atoms with Crippen molar-refractivity contribution in [3.05, 3.63) is 176 Å². The molecule has 0 bridgehead atoms. The molecule has 14 rings (SSSR count). The summed E-state index contributed by atoms with van der Waals surface area (Å²) in [5.74, 6) is 0. The van der Waals surface area contributed by atoms with Crippen LogP contribution >= 0.6 is 0 Å². The third-order valence-corrected chi connectivity index (χ3v) is 26.3. The summed E-state index contributed by atoms with van der Waals surface area (Å²) >= 11 is -0.699. The molecule has 2 nitrogen and oxygen atoms in total. The van der Waals surface area contributed by atoms with Crippen molar-refractivity contribution in [2.75, 3.05) is 21.6 Å². The van der Waals surface area contributed by atoms with E-state index in [0.29, 0.717) is 3.92 Å². The molecule has 0 fully saturated rings. The van der Waals surface area contributed by atoms with Crippen molar-refractivity contribution in [1.82, 2.24) is 0 Å². The van der Waals surface area contributed by atoms with E-state index in [1.54, 1.807) is 28.7 Å². The van der Waals surface area contributed by atoms with Crippen molar-refractivity contribution in [1.29, 1.82) is 0 Å². The van der Waals surface area contributed by atoms with Gasteiger partial charge in [0.2, 0.25) is 0 Å². The Hall–Kier alpha value is -6.48. The fourth-order valence-electron chi connectivity index (χ4n) is 15.0. The fourth-order valence-corrected chi connectivity index (χ4v) is 21.2. The predicted molar refractivity (Wildman–Crippen MR) is 371 cm³/mol. The van der Waals surface area contributed by atoms with Gasteiger partial charge < -0.3 is 10.6 Å². The van der Waals surface area contributed by atoms with Crippen molar-refractivity contribution >= 4 is 108 Å². The minimum atomic E-state index is -0.375. The summed E-state index contributed by atoms with van der Waals surface area (Å²) in [6, 6.07) is 57.9. The minimum absolute atomic E-state index is 0.324. The van der Waals surface area contributed by atoms with E-state index in [4.69, 9.17) is 6.58 Å². The number of anilines is 2. The Kier molecular flexibility index (Phi) is 16.1. The van der Waals surface area contributed by atoms with Gasteiger partial charge in [-0.1, -0.05) is 102 Å². The Morgan fingerprint density at radius 2 is 0.953 bits per heavy atom. The molecule has 86 heavy (non-hydrogen) atoms. The van der Waals surface area contributed by atoms with Crippen LogP contribution in [0.2, 0.25) is 0 Å². The van der Waals surface area contributed by atoms with Crippen LogP contribution in [-0.4, -0.2) is 14.9 Å². The number of allylic oxidation sites excluding steroid dienone is 1. The molecule has 434 valence electrons. The summed E-state index contributed by atoms with van der Waals surface area (Å²) in [5.41, 5.74) is 16.8. The number of hydrogen-bond donors (Lipinski definition) is 2. The van der Waals surface area contributed by atoms with Crippen molar-refractivity contribution in [3.63, 3.8) is 0 Å². The van der Waals surface area contributed by atoms with Crippen LogP contribution in [-0.2, 0) is 0 Å². The van der Waals surface area contributed by atoms with Crippen LogP contribution in [0.25, 0.3) is 141 Å². The number of unbranched alkanes of at least 4 members (excludes halogenated alkanes) is 9. The maximum atomic E-state index is 4.71. The molecule has 1 aliphatic carbocycles. The van der Waals surface area contributed by atoms with E-state index in [9.17, 15) is 0 Å². The normalized spacial score (nSPS) is 12.8.